The summed E-state index contributed by atoms with van der Waals surface area (Å²) in [5.74, 6) is -1.79. The van der Waals surface area contributed by atoms with Crippen LogP contribution in [-0.2, 0) is 33.9 Å². The maximum Gasteiger partial charge on any atom is 0.411 e. The lowest BCUT2D eigenvalue weighted by Crippen LogP contribution is -2.59. The number of hydrogen-bond acceptors (Lipinski definition) is 9. The first-order valence-corrected chi connectivity index (χ1v) is 19.6. The smallest absolute Gasteiger partial charge is 0.411 e. The van der Waals surface area contributed by atoms with Gasteiger partial charge in [-0.3, -0.25) is 24.4 Å². The van der Waals surface area contributed by atoms with Gasteiger partial charge in [-0.05, 0) is 76.3 Å². The zero-order chi connectivity index (χ0) is 40.3. The molecule has 0 bridgehead atoms. The van der Waals surface area contributed by atoms with Crippen LogP contribution >= 0.6 is 0 Å². The van der Waals surface area contributed by atoms with Crippen LogP contribution in [0.15, 0.2) is 67.3 Å². The molecule has 2 aromatic carbocycles. The van der Waals surface area contributed by atoms with Gasteiger partial charge in [0.2, 0.25) is 21.8 Å². The van der Waals surface area contributed by atoms with E-state index in [1.807, 2.05) is 54.6 Å². The van der Waals surface area contributed by atoms with Gasteiger partial charge in [-0.25, -0.2) is 18.0 Å². The number of alkyl carbamates (subject to hydrolysis) is 1. The second kappa shape index (κ2) is 18.9. The molecule has 15 heteroatoms. The van der Waals surface area contributed by atoms with E-state index in [0.29, 0.717) is 38.6 Å². The van der Waals surface area contributed by atoms with Gasteiger partial charge in [0.1, 0.15) is 23.7 Å². The fourth-order valence-electron chi connectivity index (χ4n) is 5.66. The van der Waals surface area contributed by atoms with Crippen molar-refractivity contribution in [2.24, 2.45) is 5.41 Å². The van der Waals surface area contributed by atoms with Crippen LogP contribution in [0.5, 0.6) is 0 Å². The molecule has 2 aromatic rings. The Morgan fingerprint density at radius 2 is 1.54 bits per heavy atom. The first-order valence-electron chi connectivity index (χ1n) is 18.0. The standard InChI is InChI=1S/C25H42N4O7S.C14H13NO2/c1-8-9-11-17(20(30)28-37(34,35)16-13-14-16)26-21(31)18-12-10-15-29(18)22(32)19(24(2,3)4)27-23(33)36-25(5,6)7;1-17-14(16)15-13-10-6-5-9-12(13)11-7-3-2-4-8-11/h8,16-19H,1,9-15H2,2-7H3,(H,26,31)(H,27,33)(H,28,30);2-10H,1H3,(H,15,16)/t17?,18-,19?;/m0./s1. The van der Waals surface area contributed by atoms with Crippen molar-refractivity contribution in [3.8, 4) is 11.1 Å². The van der Waals surface area contributed by atoms with Crippen LogP contribution in [0.4, 0.5) is 15.3 Å². The molecule has 54 heavy (non-hydrogen) atoms. The number of hydrogen-bond donors (Lipinski definition) is 4. The number of carbonyl (C=O) groups is 5. The fraction of sp³-hybridized carbons (Fsp3) is 0.513. The minimum atomic E-state index is -3.78. The number of nitrogens with zero attached hydrogens (tertiary/aromatic N) is 1. The number of methoxy groups -OCH3 is 1. The molecule has 0 aromatic heterocycles. The molecule has 3 atom stereocenters. The molecule has 5 amide bonds. The Morgan fingerprint density at radius 3 is 2.11 bits per heavy atom. The number of allylic oxidation sites excluding steroid dienone is 1. The Hall–Kier alpha value is -4.92. The van der Waals surface area contributed by atoms with Crippen LogP contribution in [0.3, 0.4) is 0 Å². The Balaban J connectivity index is 0.000000381. The summed E-state index contributed by atoms with van der Waals surface area (Å²) in [7, 11) is -2.43. The molecule has 2 aliphatic rings. The summed E-state index contributed by atoms with van der Waals surface area (Å²) < 4.78 is 36.5. The Labute approximate surface area is 318 Å². The van der Waals surface area contributed by atoms with Crippen molar-refractivity contribution >= 4 is 45.6 Å². The zero-order valence-electron chi connectivity index (χ0n) is 32.3. The second-order valence-corrected chi connectivity index (χ2v) is 17.3. The van der Waals surface area contributed by atoms with E-state index in [1.54, 1.807) is 47.6 Å². The van der Waals surface area contributed by atoms with Gasteiger partial charge >= 0.3 is 12.2 Å². The molecule has 0 spiro atoms. The highest BCUT2D eigenvalue weighted by atomic mass is 32.2. The third-order valence-electron chi connectivity index (χ3n) is 8.55. The van der Waals surface area contributed by atoms with Crippen LogP contribution in [0.1, 0.15) is 80.1 Å². The summed E-state index contributed by atoms with van der Waals surface area (Å²) in [6.07, 6.45) is 2.84. The number of likely N-dealkylation sites (tertiary alicyclic amines) is 1. The maximum atomic E-state index is 13.6. The largest absolute Gasteiger partial charge is 0.453 e. The molecule has 296 valence electrons. The summed E-state index contributed by atoms with van der Waals surface area (Å²) in [5.41, 5.74) is 1.34. The predicted molar refractivity (Wildman–Crippen MR) is 207 cm³/mol. The number of anilines is 1. The molecule has 4 rings (SSSR count). The van der Waals surface area contributed by atoms with E-state index in [4.69, 9.17) is 4.74 Å². The molecule has 14 nitrogen and oxygen atoms in total. The Morgan fingerprint density at radius 1 is 0.907 bits per heavy atom. The maximum absolute atomic E-state index is 13.6. The van der Waals surface area contributed by atoms with E-state index >= 15 is 0 Å². The first-order chi connectivity index (χ1) is 25.3. The van der Waals surface area contributed by atoms with Crippen molar-refractivity contribution in [1.82, 2.24) is 20.3 Å². The van der Waals surface area contributed by atoms with Gasteiger partial charge in [0.15, 0.2) is 0 Å². The van der Waals surface area contributed by atoms with Crippen molar-refractivity contribution in [3.63, 3.8) is 0 Å². The quantitative estimate of drug-likeness (QED) is 0.202. The van der Waals surface area contributed by atoms with Crippen molar-refractivity contribution in [2.75, 3.05) is 19.0 Å². The number of para-hydroxylation sites is 1. The van der Waals surface area contributed by atoms with E-state index in [9.17, 15) is 32.4 Å². The molecule has 1 saturated carbocycles. The van der Waals surface area contributed by atoms with Crippen LogP contribution in [0.2, 0.25) is 0 Å². The number of amides is 5. The summed E-state index contributed by atoms with van der Waals surface area (Å²) in [6.45, 7) is 14.5. The third kappa shape index (κ3) is 13.2. The monoisotopic (exact) mass is 769 g/mol. The van der Waals surface area contributed by atoms with Crippen molar-refractivity contribution in [3.05, 3.63) is 67.3 Å². The van der Waals surface area contributed by atoms with E-state index < -0.39 is 74.3 Å². The van der Waals surface area contributed by atoms with Crippen LogP contribution in [0, 0.1) is 5.41 Å². The van der Waals surface area contributed by atoms with Crippen LogP contribution < -0.4 is 20.7 Å². The average molecular weight is 770 g/mol. The SMILES string of the molecule is C=CCCC(NC(=O)[C@@H]1CCCN1C(=O)C(NC(=O)OC(C)(C)C)C(C)(C)C)C(=O)NS(=O)(=O)C1CC1.COC(=O)Nc1ccccc1-c1ccccc1. The summed E-state index contributed by atoms with van der Waals surface area (Å²) in [5, 5.41) is 7.41. The Bertz CT molecular complexity index is 1750. The van der Waals surface area contributed by atoms with Gasteiger partial charge < -0.3 is 25.0 Å². The fourth-order valence-corrected chi connectivity index (χ4v) is 7.01. The second-order valence-electron chi connectivity index (χ2n) is 15.3. The Kier molecular flexibility index (Phi) is 15.2. The number of nitrogens with one attached hydrogen (secondary N) is 4. The van der Waals surface area contributed by atoms with Gasteiger partial charge in [0.25, 0.3) is 5.91 Å². The lowest BCUT2D eigenvalue weighted by Gasteiger charge is -2.36. The highest BCUT2D eigenvalue weighted by molar-refractivity contribution is 7.90. The van der Waals surface area contributed by atoms with Gasteiger partial charge in [0.05, 0.1) is 18.0 Å². The highest BCUT2D eigenvalue weighted by Crippen LogP contribution is 2.29. The summed E-state index contributed by atoms with van der Waals surface area (Å²) in [6, 6.07) is 14.6. The molecular formula is C39H55N5O9S. The lowest BCUT2D eigenvalue weighted by molar-refractivity contribution is -0.142. The number of sulfonamides is 1. The zero-order valence-corrected chi connectivity index (χ0v) is 33.1. The van der Waals surface area contributed by atoms with Gasteiger partial charge in [-0.2, -0.15) is 0 Å². The lowest BCUT2D eigenvalue weighted by atomic mass is 9.85. The number of carbonyl (C=O) groups excluding carboxylic acids is 5. The van der Waals surface area contributed by atoms with Gasteiger partial charge in [-0.1, -0.05) is 75.4 Å². The third-order valence-corrected chi connectivity index (χ3v) is 10.4. The number of benzene rings is 2. The minimum absolute atomic E-state index is 0.159. The molecule has 1 heterocycles. The van der Waals surface area contributed by atoms with E-state index in [-0.39, 0.29) is 6.42 Å². The predicted octanol–water partition coefficient (Wildman–Crippen LogP) is 5.51. The molecule has 2 unspecified atom stereocenters. The topological polar surface area (TPSA) is 189 Å². The molecule has 4 N–H and O–H groups in total. The highest BCUT2D eigenvalue weighted by Gasteiger charge is 2.43. The van der Waals surface area contributed by atoms with E-state index in [2.05, 4.69) is 32.0 Å². The van der Waals surface area contributed by atoms with Crippen molar-refractivity contribution < 1.29 is 41.9 Å². The van der Waals surface area contributed by atoms with Crippen molar-refractivity contribution in [2.45, 2.75) is 109 Å². The van der Waals surface area contributed by atoms with Crippen molar-refractivity contribution in [1.29, 1.82) is 0 Å². The van der Waals surface area contributed by atoms with Gasteiger partial charge in [0, 0.05) is 12.1 Å². The van der Waals surface area contributed by atoms with E-state index in [0.717, 1.165) is 16.8 Å². The molecule has 2 fully saturated rings. The molecule has 1 aliphatic heterocycles. The summed E-state index contributed by atoms with van der Waals surface area (Å²) >= 11 is 0. The molecular weight excluding hydrogens is 715 g/mol. The van der Waals surface area contributed by atoms with Crippen LogP contribution in [0.25, 0.3) is 11.1 Å². The van der Waals surface area contributed by atoms with E-state index in [1.165, 1.54) is 12.0 Å². The number of rotatable bonds is 12. The molecule has 1 aliphatic carbocycles. The van der Waals surface area contributed by atoms with Gasteiger partial charge in [-0.15, -0.1) is 6.58 Å². The first kappa shape index (κ1) is 43.5. The summed E-state index contributed by atoms with van der Waals surface area (Å²) in [4.78, 5) is 64.7. The normalized spacial score (nSPS) is 16.7. The average Bonchev–Trinajstić information content (AvgIpc) is 3.86. The number of ether oxygens (including phenoxy) is 2. The molecule has 1 saturated heterocycles. The van der Waals surface area contributed by atoms with Crippen LogP contribution in [-0.4, -0.2) is 85.9 Å². The molecule has 0 radical (unpaired) electrons. The minimum Gasteiger partial charge on any atom is -0.453 e.